The minimum atomic E-state index is -0.707. The average molecular weight is 244 g/mol. The number of carbonyl (C=O) groups is 1. The van der Waals surface area contributed by atoms with Crippen molar-refractivity contribution in [3.8, 4) is 0 Å². The zero-order valence-electron chi connectivity index (χ0n) is 11.3. The molecule has 1 N–H and O–H groups in total. The van der Waals surface area contributed by atoms with Crippen LogP contribution in [0.1, 0.15) is 20.3 Å². The molecule has 100 valence electrons. The number of hydrogen-bond donors (Lipinski definition) is 1. The Morgan fingerprint density at radius 1 is 1.65 bits per heavy atom. The molecule has 1 amide bonds. The molecular formula is C12H24N2O3. The summed E-state index contributed by atoms with van der Waals surface area (Å²) < 4.78 is 10.9. The second-order valence-electron chi connectivity index (χ2n) is 4.59. The lowest BCUT2D eigenvalue weighted by atomic mass is 10.0. The first kappa shape index (κ1) is 14.4. The molecule has 0 spiro atoms. The third kappa shape index (κ3) is 3.40. The molecule has 1 fully saturated rings. The standard InChI is InChI=1S/C12H24N2O3/c1-5-12(2,16-4)11(15)14-6-7-17-10(9-14)8-13-3/h10,13H,5-9H2,1-4H3. The van der Waals surface area contributed by atoms with Crippen LogP contribution in [0.5, 0.6) is 0 Å². The fourth-order valence-electron chi connectivity index (χ4n) is 1.97. The van der Waals surface area contributed by atoms with E-state index in [1.807, 2.05) is 25.8 Å². The number of carbonyl (C=O) groups excluding carboxylic acids is 1. The lowest BCUT2D eigenvalue weighted by molar-refractivity contribution is -0.160. The molecule has 0 saturated carbocycles. The van der Waals surface area contributed by atoms with Gasteiger partial charge in [-0.2, -0.15) is 0 Å². The van der Waals surface area contributed by atoms with E-state index in [9.17, 15) is 4.79 Å². The number of amides is 1. The predicted octanol–water partition coefficient (Wildman–Crippen LogP) is 0.248. The molecule has 1 rings (SSSR count). The van der Waals surface area contributed by atoms with Crippen LogP contribution in [-0.4, -0.2) is 62.9 Å². The summed E-state index contributed by atoms with van der Waals surface area (Å²) in [5.74, 6) is 0.0619. The first-order valence-corrected chi connectivity index (χ1v) is 6.18. The van der Waals surface area contributed by atoms with E-state index >= 15 is 0 Å². The van der Waals surface area contributed by atoms with Gasteiger partial charge in [-0.15, -0.1) is 0 Å². The monoisotopic (exact) mass is 244 g/mol. The van der Waals surface area contributed by atoms with Crippen LogP contribution in [0.2, 0.25) is 0 Å². The van der Waals surface area contributed by atoms with Gasteiger partial charge in [-0.05, 0) is 20.4 Å². The van der Waals surface area contributed by atoms with Gasteiger partial charge in [0.15, 0.2) is 0 Å². The van der Waals surface area contributed by atoms with Crippen LogP contribution in [0.15, 0.2) is 0 Å². The third-order valence-corrected chi connectivity index (χ3v) is 3.44. The summed E-state index contributed by atoms with van der Waals surface area (Å²) in [6, 6.07) is 0. The number of likely N-dealkylation sites (N-methyl/N-ethyl adjacent to an activating group) is 1. The fourth-order valence-corrected chi connectivity index (χ4v) is 1.97. The maximum absolute atomic E-state index is 12.4. The van der Waals surface area contributed by atoms with E-state index in [1.54, 1.807) is 7.11 Å². The van der Waals surface area contributed by atoms with E-state index in [2.05, 4.69) is 5.32 Å². The number of ether oxygens (including phenoxy) is 2. The Bertz CT molecular complexity index is 252. The highest BCUT2D eigenvalue weighted by atomic mass is 16.5. The average Bonchev–Trinajstić information content (AvgIpc) is 2.37. The van der Waals surface area contributed by atoms with Crippen molar-refractivity contribution >= 4 is 5.91 Å². The van der Waals surface area contributed by atoms with Gasteiger partial charge in [0.05, 0.1) is 12.7 Å². The first-order valence-electron chi connectivity index (χ1n) is 6.18. The lowest BCUT2D eigenvalue weighted by Gasteiger charge is -2.38. The molecule has 5 heteroatoms. The van der Waals surface area contributed by atoms with Crippen LogP contribution in [0.25, 0.3) is 0 Å². The second-order valence-corrected chi connectivity index (χ2v) is 4.59. The Labute approximate surface area is 103 Å². The second kappa shape index (κ2) is 6.33. The van der Waals surface area contributed by atoms with E-state index in [0.29, 0.717) is 26.1 Å². The van der Waals surface area contributed by atoms with E-state index in [1.165, 1.54) is 0 Å². The molecule has 0 aromatic carbocycles. The molecule has 1 aliphatic heterocycles. The zero-order valence-corrected chi connectivity index (χ0v) is 11.3. The van der Waals surface area contributed by atoms with Crippen molar-refractivity contribution in [2.24, 2.45) is 0 Å². The van der Waals surface area contributed by atoms with Crippen LogP contribution in [0.4, 0.5) is 0 Å². The first-order chi connectivity index (χ1) is 8.07. The molecule has 1 saturated heterocycles. The Balaban J connectivity index is 2.62. The molecule has 0 aliphatic carbocycles. The molecule has 1 heterocycles. The number of rotatable bonds is 5. The quantitative estimate of drug-likeness (QED) is 0.753. The molecule has 2 atom stereocenters. The molecule has 5 nitrogen and oxygen atoms in total. The molecular weight excluding hydrogens is 220 g/mol. The summed E-state index contributed by atoms with van der Waals surface area (Å²) in [7, 11) is 3.47. The van der Waals surface area contributed by atoms with Gasteiger partial charge in [0, 0.05) is 26.7 Å². The van der Waals surface area contributed by atoms with Crippen LogP contribution in [0, 0.1) is 0 Å². The van der Waals surface area contributed by atoms with Crippen molar-refractivity contribution in [1.29, 1.82) is 0 Å². The number of nitrogens with zero attached hydrogens (tertiary/aromatic N) is 1. The van der Waals surface area contributed by atoms with E-state index in [-0.39, 0.29) is 12.0 Å². The maximum atomic E-state index is 12.4. The normalized spacial score (nSPS) is 24.5. The van der Waals surface area contributed by atoms with E-state index in [0.717, 1.165) is 6.54 Å². The fraction of sp³-hybridized carbons (Fsp3) is 0.917. The zero-order chi connectivity index (χ0) is 12.9. The Morgan fingerprint density at radius 2 is 2.35 bits per heavy atom. The van der Waals surface area contributed by atoms with Crippen molar-refractivity contribution < 1.29 is 14.3 Å². The summed E-state index contributed by atoms with van der Waals surface area (Å²) in [6.45, 7) is 6.46. The van der Waals surface area contributed by atoms with Gasteiger partial charge in [0.25, 0.3) is 5.91 Å². The van der Waals surface area contributed by atoms with Gasteiger partial charge in [-0.25, -0.2) is 0 Å². The van der Waals surface area contributed by atoms with Crippen molar-refractivity contribution in [3.05, 3.63) is 0 Å². The van der Waals surface area contributed by atoms with Crippen LogP contribution in [0.3, 0.4) is 0 Å². The minimum Gasteiger partial charge on any atom is -0.373 e. The van der Waals surface area contributed by atoms with Crippen molar-refractivity contribution in [1.82, 2.24) is 10.2 Å². The highest BCUT2D eigenvalue weighted by Crippen LogP contribution is 2.19. The number of methoxy groups -OCH3 is 1. The largest absolute Gasteiger partial charge is 0.373 e. The predicted molar refractivity (Wildman–Crippen MR) is 66.0 cm³/mol. The molecule has 0 bridgehead atoms. The molecule has 0 aromatic heterocycles. The van der Waals surface area contributed by atoms with Crippen LogP contribution >= 0.6 is 0 Å². The highest BCUT2D eigenvalue weighted by molar-refractivity contribution is 5.84. The number of morpholine rings is 1. The Morgan fingerprint density at radius 3 is 2.88 bits per heavy atom. The summed E-state index contributed by atoms with van der Waals surface area (Å²) in [5, 5.41) is 3.07. The topological polar surface area (TPSA) is 50.8 Å². The summed E-state index contributed by atoms with van der Waals surface area (Å²) in [5.41, 5.74) is -0.707. The van der Waals surface area contributed by atoms with Gasteiger partial charge in [-0.3, -0.25) is 4.79 Å². The summed E-state index contributed by atoms with van der Waals surface area (Å²) in [6.07, 6.45) is 0.756. The van der Waals surface area contributed by atoms with Gasteiger partial charge >= 0.3 is 0 Å². The van der Waals surface area contributed by atoms with Gasteiger partial charge in [0.2, 0.25) is 0 Å². The van der Waals surface area contributed by atoms with Gasteiger partial charge < -0.3 is 19.7 Å². The minimum absolute atomic E-state index is 0.0619. The maximum Gasteiger partial charge on any atom is 0.254 e. The molecule has 17 heavy (non-hydrogen) atoms. The van der Waals surface area contributed by atoms with Crippen molar-refractivity contribution in [3.63, 3.8) is 0 Å². The van der Waals surface area contributed by atoms with Crippen LogP contribution in [-0.2, 0) is 14.3 Å². The van der Waals surface area contributed by atoms with Crippen LogP contribution < -0.4 is 5.32 Å². The molecule has 2 unspecified atom stereocenters. The van der Waals surface area contributed by atoms with E-state index in [4.69, 9.17) is 9.47 Å². The molecule has 1 aliphatic rings. The summed E-state index contributed by atoms with van der Waals surface area (Å²) >= 11 is 0. The molecule has 0 radical (unpaired) electrons. The van der Waals surface area contributed by atoms with Gasteiger partial charge in [-0.1, -0.05) is 6.92 Å². The third-order valence-electron chi connectivity index (χ3n) is 3.44. The highest BCUT2D eigenvalue weighted by Gasteiger charge is 2.37. The Hall–Kier alpha value is -0.650. The smallest absolute Gasteiger partial charge is 0.254 e. The number of nitrogens with one attached hydrogen (secondary N) is 1. The summed E-state index contributed by atoms with van der Waals surface area (Å²) in [4.78, 5) is 14.2. The SMILES string of the molecule is CCC(C)(OC)C(=O)N1CCOC(CNC)C1. The van der Waals surface area contributed by atoms with Crippen molar-refractivity contribution in [2.45, 2.75) is 32.0 Å². The van der Waals surface area contributed by atoms with Gasteiger partial charge in [0.1, 0.15) is 5.60 Å². The number of hydrogen-bond acceptors (Lipinski definition) is 4. The van der Waals surface area contributed by atoms with Crippen molar-refractivity contribution in [2.75, 3.05) is 40.4 Å². The lowest BCUT2D eigenvalue weighted by Crippen LogP contribution is -2.55. The molecule has 0 aromatic rings. The van der Waals surface area contributed by atoms with E-state index < -0.39 is 5.60 Å². The Kier molecular flexibility index (Phi) is 5.36.